The van der Waals surface area contributed by atoms with Crippen molar-refractivity contribution in [1.29, 1.82) is 0 Å². The number of ketones is 1. The minimum Gasteiger partial charge on any atom is -0.393 e. The largest absolute Gasteiger partial charge is 0.393 e. The number of ether oxygens (including phenoxy) is 2. The summed E-state index contributed by atoms with van der Waals surface area (Å²) >= 11 is 0. The molecular weight excluding hydrogens is 656 g/mol. The lowest BCUT2D eigenvalue weighted by atomic mass is 9.35. The first-order chi connectivity index (χ1) is 23.9. The van der Waals surface area contributed by atoms with Gasteiger partial charge in [-0.05, 0) is 104 Å². The van der Waals surface area contributed by atoms with Gasteiger partial charge in [-0.3, -0.25) is 4.79 Å². The molecule has 11 nitrogen and oxygen atoms in total. The second-order valence-electron chi connectivity index (χ2n) is 19.4. The van der Waals surface area contributed by atoms with Crippen LogP contribution >= 0.6 is 0 Å². The average molecular weight is 717 g/mol. The third-order valence-electron chi connectivity index (χ3n) is 17.2. The summed E-state index contributed by atoms with van der Waals surface area (Å²) in [6.45, 7) is 11.4. The highest BCUT2D eigenvalue weighted by atomic mass is 16.8. The predicted octanol–water partition coefficient (Wildman–Crippen LogP) is 1.96. The third kappa shape index (κ3) is 4.17. The number of fused-ring (bicyclic) bond motifs is 5. The van der Waals surface area contributed by atoms with Crippen molar-refractivity contribution in [2.45, 2.75) is 134 Å². The van der Waals surface area contributed by atoms with E-state index in [-0.39, 0.29) is 35.3 Å². The molecule has 11 heteroatoms. The average Bonchev–Trinajstić information content (AvgIpc) is 3.19. The van der Waals surface area contributed by atoms with Crippen LogP contribution in [0, 0.1) is 62.6 Å². The maximum Gasteiger partial charge on any atom is 0.211 e. The maximum absolute atomic E-state index is 14.2. The lowest BCUT2D eigenvalue weighted by molar-refractivity contribution is -0.513. The lowest BCUT2D eigenvalue weighted by Gasteiger charge is -2.76. The van der Waals surface area contributed by atoms with E-state index in [1.54, 1.807) is 0 Å². The first-order valence-electron chi connectivity index (χ1n) is 19.5. The summed E-state index contributed by atoms with van der Waals surface area (Å²) in [5.41, 5.74) is -4.84. The monoisotopic (exact) mass is 716 g/mol. The van der Waals surface area contributed by atoms with Crippen LogP contribution in [0.3, 0.4) is 0 Å². The molecule has 7 aliphatic carbocycles. The molecule has 2 aliphatic heterocycles. The molecule has 6 saturated carbocycles. The van der Waals surface area contributed by atoms with E-state index in [1.165, 1.54) is 5.57 Å². The van der Waals surface area contributed by atoms with Crippen LogP contribution in [0.25, 0.3) is 0 Å². The minimum atomic E-state index is -2.48. The molecule has 0 amide bonds. The smallest absolute Gasteiger partial charge is 0.211 e. The van der Waals surface area contributed by atoms with Crippen LogP contribution in [0.5, 0.6) is 0 Å². The Morgan fingerprint density at radius 3 is 2.29 bits per heavy atom. The molecule has 0 radical (unpaired) electrons. The van der Waals surface area contributed by atoms with Gasteiger partial charge in [0.05, 0.1) is 43.5 Å². The molecule has 51 heavy (non-hydrogen) atoms. The van der Waals surface area contributed by atoms with Crippen LogP contribution in [0.1, 0.15) is 91.9 Å². The van der Waals surface area contributed by atoms with E-state index in [1.807, 2.05) is 20.8 Å². The molecule has 2 spiro atoms. The lowest BCUT2D eigenvalue weighted by Crippen LogP contribution is -2.88. The van der Waals surface area contributed by atoms with Gasteiger partial charge < -0.3 is 50.3 Å². The number of allylic oxidation sites excluding steroid dienone is 2. The highest BCUT2D eigenvalue weighted by Gasteiger charge is 2.89. The van der Waals surface area contributed by atoms with Crippen LogP contribution in [0.15, 0.2) is 23.8 Å². The van der Waals surface area contributed by atoms with E-state index in [2.05, 4.69) is 19.6 Å². The summed E-state index contributed by atoms with van der Waals surface area (Å²) in [6, 6.07) is 0. The maximum atomic E-state index is 14.2. The molecule has 4 bridgehead atoms. The standard InChI is InChI=1S/C40H60O11/c1-20-23-8-11-26-38-28(44)12-14-34(2,3)29(38)32(47)40(49,39(26,30(20)45)31(23)46)51-33(38)50-19-36(5)25-10-6-21-16-22(37(48,17-41)18-42)7-9-24(21)35(25,4)15-13-27(36)43/h6,22-29,31-33,41-44,46-49H,1,7-19H2,2-5H3/t22-,23+,24-,25+,26+,27-,28+,29-,31-,32+,33+,35+,36+,38+,39+,40-/m1/s1. The number of hydrogen-bond donors (Lipinski definition) is 8. The fraction of sp³-hybridized carbons (Fsp3) is 0.875. The van der Waals surface area contributed by atoms with Gasteiger partial charge in [0.2, 0.25) is 5.79 Å². The number of Topliss-reactive ketones (excluding diaryl/α,β-unsaturated/α-hetero) is 1. The third-order valence-corrected chi connectivity index (χ3v) is 17.2. The Bertz CT molecular complexity index is 1510. The van der Waals surface area contributed by atoms with Gasteiger partial charge in [0.15, 0.2) is 12.1 Å². The normalized spacial score (nSPS) is 54.3. The van der Waals surface area contributed by atoms with Crippen LogP contribution < -0.4 is 0 Å². The number of carbonyl (C=O) groups excluding carboxylic acids is 1. The molecule has 16 atom stereocenters. The molecule has 8 fully saturated rings. The van der Waals surface area contributed by atoms with Crippen molar-refractivity contribution in [3.05, 3.63) is 23.8 Å². The van der Waals surface area contributed by atoms with Gasteiger partial charge in [0.25, 0.3) is 0 Å². The first-order valence-corrected chi connectivity index (χ1v) is 19.5. The van der Waals surface area contributed by atoms with Gasteiger partial charge in [0.1, 0.15) is 17.1 Å². The summed E-state index contributed by atoms with van der Waals surface area (Å²) in [5.74, 6) is -5.06. The van der Waals surface area contributed by atoms with E-state index >= 15 is 0 Å². The summed E-state index contributed by atoms with van der Waals surface area (Å²) in [4.78, 5) is 14.2. The molecule has 0 aromatic carbocycles. The van der Waals surface area contributed by atoms with Crippen molar-refractivity contribution in [2.24, 2.45) is 62.6 Å². The summed E-state index contributed by atoms with van der Waals surface area (Å²) in [7, 11) is 0. The Hall–Kier alpha value is -1.25. The Labute approximate surface area is 300 Å². The number of aliphatic hydroxyl groups is 8. The SMILES string of the molecule is C=C1C(=O)[C@]23[C@H](O)[C@H]1CC[C@H]2[C@@]12[C@@H](OC[C@@]4(C)[C@H]5CC=C6C[C@H](C(O)(CO)CO)CC[C@H]6[C@]5(C)CC[C@H]4O)O[C@]3(O)[C@@H](O)[C@@H]1C(C)(C)CC[C@@H]2O. The van der Waals surface area contributed by atoms with E-state index < -0.39 is 101 Å². The van der Waals surface area contributed by atoms with Gasteiger partial charge in [-0.15, -0.1) is 0 Å². The van der Waals surface area contributed by atoms with Gasteiger partial charge in [-0.1, -0.05) is 45.9 Å². The summed E-state index contributed by atoms with van der Waals surface area (Å²) in [5, 5.41) is 91.5. The van der Waals surface area contributed by atoms with Crippen molar-refractivity contribution >= 4 is 5.78 Å². The molecule has 9 rings (SSSR count). The summed E-state index contributed by atoms with van der Waals surface area (Å²) < 4.78 is 13.4. The minimum absolute atomic E-state index is 0.00701. The van der Waals surface area contributed by atoms with Gasteiger partial charge in [0, 0.05) is 17.3 Å². The fourth-order valence-electron chi connectivity index (χ4n) is 14.6. The Kier molecular flexibility index (Phi) is 8.21. The number of carbonyl (C=O) groups is 1. The van der Waals surface area contributed by atoms with Crippen LogP contribution in [-0.4, -0.2) is 109 Å². The van der Waals surface area contributed by atoms with E-state index in [9.17, 15) is 45.6 Å². The van der Waals surface area contributed by atoms with Crippen LogP contribution in [0.4, 0.5) is 0 Å². The second-order valence-corrected chi connectivity index (χ2v) is 19.4. The second kappa shape index (κ2) is 11.4. The first kappa shape index (κ1) is 36.7. The van der Waals surface area contributed by atoms with Crippen LogP contribution in [0.2, 0.25) is 0 Å². The molecule has 0 aromatic heterocycles. The van der Waals surface area contributed by atoms with Crippen molar-refractivity contribution < 1.29 is 55.1 Å². The molecule has 2 heterocycles. The van der Waals surface area contributed by atoms with E-state index in [4.69, 9.17) is 9.47 Å². The topological polar surface area (TPSA) is 197 Å². The molecule has 8 N–H and O–H groups in total. The fourth-order valence-corrected chi connectivity index (χ4v) is 14.6. The zero-order chi connectivity index (χ0) is 36.9. The van der Waals surface area contributed by atoms with Gasteiger partial charge in [-0.2, -0.15) is 0 Å². The molecule has 2 saturated heterocycles. The number of aliphatic hydroxyl groups excluding tert-OH is 6. The molecule has 9 aliphatic rings. The van der Waals surface area contributed by atoms with Crippen molar-refractivity contribution in [3.8, 4) is 0 Å². The van der Waals surface area contributed by atoms with Crippen molar-refractivity contribution in [2.75, 3.05) is 19.8 Å². The predicted molar refractivity (Wildman–Crippen MR) is 183 cm³/mol. The Morgan fingerprint density at radius 1 is 0.922 bits per heavy atom. The van der Waals surface area contributed by atoms with Gasteiger partial charge in [-0.25, -0.2) is 0 Å². The van der Waals surface area contributed by atoms with Gasteiger partial charge >= 0.3 is 0 Å². The highest BCUT2D eigenvalue weighted by Crippen LogP contribution is 2.78. The van der Waals surface area contributed by atoms with Crippen molar-refractivity contribution in [1.82, 2.24) is 0 Å². The zero-order valence-electron chi connectivity index (χ0n) is 30.6. The molecule has 0 aromatic rings. The molecule has 0 unspecified atom stereocenters. The molecule has 286 valence electrons. The van der Waals surface area contributed by atoms with Crippen molar-refractivity contribution in [3.63, 3.8) is 0 Å². The molecular formula is C40H60O11. The Balaban J connectivity index is 1.16. The van der Waals surface area contributed by atoms with Crippen LogP contribution in [-0.2, 0) is 14.3 Å². The quantitative estimate of drug-likeness (QED) is 0.148. The number of rotatable bonds is 6. The highest BCUT2D eigenvalue weighted by molar-refractivity contribution is 6.05. The zero-order valence-corrected chi connectivity index (χ0v) is 30.6. The van der Waals surface area contributed by atoms with E-state index in [0.717, 1.165) is 12.8 Å². The van der Waals surface area contributed by atoms with E-state index in [0.29, 0.717) is 51.4 Å². The Morgan fingerprint density at radius 2 is 1.61 bits per heavy atom. The summed E-state index contributed by atoms with van der Waals surface area (Å²) in [6.07, 6.45) is 2.22. The number of hydrogen-bond acceptors (Lipinski definition) is 11.